The van der Waals surface area contributed by atoms with Crippen LogP contribution in [0.1, 0.15) is 31.0 Å². The molecule has 0 amide bonds. The Labute approximate surface area is 206 Å². The van der Waals surface area contributed by atoms with Gasteiger partial charge in [-0.15, -0.1) is 0 Å². The van der Waals surface area contributed by atoms with Crippen molar-refractivity contribution in [2.45, 2.75) is 19.9 Å². The van der Waals surface area contributed by atoms with E-state index in [-0.39, 0.29) is 12.2 Å². The second-order valence-corrected chi connectivity index (χ2v) is 8.69. The molecule has 35 heavy (non-hydrogen) atoms. The second kappa shape index (κ2) is 10.2. The van der Waals surface area contributed by atoms with E-state index in [9.17, 15) is 9.59 Å². The average Bonchev–Trinajstić information content (AvgIpc) is 3.17. The standard InChI is InChI=1S/C26H26N2O6S/c1-6-34-25(30)22-15(2)27-26-28(23(22)16-7-10-18(31-3)11-8-16)24(29)21(35-26)13-17-9-12-19(32-4)14-20(17)33-5/h7-14,23H,6H2,1-5H3/b21-13+/t23-/m1/s1. The van der Waals surface area contributed by atoms with Crippen molar-refractivity contribution in [2.75, 3.05) is 27.9 Å². The summed E-state index contributed by atoms with van der Waals surface area (Å²) in [5.41, 5.74) is 2.05. The smallest absolute Gasteiger partial charge is 0.338 e. The summed E-state index contributed by atoms with van der Waals surface area (Å²) in [6.07, 6.45) is 1.76. The number of hydrogen-bond donors (Lipinski definition) is 0. The minimum atomic E-state index is -0.684. The third-order valence-corrected chi connectivity index (χ3v) is 6.66. The summed E-state index contributed by atoms with van der Waals surface area (Å²) in [5.74, 6) is 1.40. The number of thiazole rings is 1. The molecule has 0 fully saturated rings. The van der Waals surface area contributed by atoms with Gasteiger partial charge in [-0.25, -0.2) is 9.79 Å². The third kappa shape index (κ3) is 4.59. The van der Waals surface area contributed by atoms with Crippen LogP contribution in [-0.4, -0.2) is 38.5 Å². The highest BCUT2D eigenvalue weighted by molar-refractivity contribution is 7.07. The van der Waals surface area contributed by atoms with Crippen LogP contribution in [0.2, 0.25) is 0 Å². The molecule has 4 rings (SSSR count). The molecule has 0 spiro atoms. The van der Waals surface area contributed by atoms with E-state index in [1.165, 1.54) is 11.3 Å². The van der Waals surface area contributed by atoms with Crippen LogP contribution in [0.15, 0.2) is 63.5 Å². The highest BCUT2D eigenvalue weighted by Crippen LogP contribution is 2.31. The number of rotatable bonds is 7. The van der Waals surface area contributed by atoms with E-state index < -0.39 is 12.0 Å². The Hall–Kier alpha value is -3.85. The summed E-state index contributed by atoms with van der Waals surface area (Å²) < 4.78 is 23.4. The van der Waals surface area contributed by atoms with Crippen molar-refractivity contribution in [2.24, 2.45) is 4.99 Å². The molecule has 1 aliphatic rings. The number of carbonyl (C=O) groups is 1. The lowest BCUT2D eigenvalue weighted by Crippen LogP contribution is -2.39. The van der Waals surface area contributed by atoms with E-state index in [4.69, 9.17) is 18.9 Å². The molecule has 0 radical (unpaired) electrons. The van der Waals surface area contributed by atoms with Crippen LogP contribution < -0.4 is 29.1 Å². The van der Waals surface area contributed by atoms with Crippen molar-refractivity contribution >= 4 is 23.4 Å². The first-order valence-electron chi connectivity index (χ1n) is 11.0. The monoisotopic (exact) mass is 494 g/mol. The molecule has 0 saturated carbocycles. The second-order valence-electron chi connectivity index (χ2n) is 7.68. The summed E-state index contributed by atoms with van der Waals surface area (Å²) in [6, 6.07) is 12.0. The van der Waals surface area contributed by atoms with Gasteiger partial charge in [0, 0.05) is 11.6 Å². The molecule has 2 aromatic carbocycles. The van der Waals surface area contributed by atoms with Gasteiger partial charge in [0.1, 0.15) is 17.2 Å². The van der Waals surface area contributed by atoms with Gasteiger partial charge in [0.2, 0.25) is 0 Å². The number of carbonyl (C=O) groups excluding carboxylic acids is 1. The third-order valence-electron chi connectivity index (χ3n) is 5.68. The molecule has 1 atom stereocenters. The normalized spacial score (nSPS) is 15.3. The lowest BCUT2D eigenvalue weighted by atomic mass is 9.96. The van der Waals surface area contributed by atoms with E-state index >= 15 is 0 Å². The topological polar surface area (TPSA) is 88.4 Å². The van der Waals surface area contributed by atoms with Crippen LogP contribution in [0.25, 0.3) is 6.08 Å². The quantitative estimate of drug-likeness (QED) is 0.470. The Bertz CT molecular complexity index is 1470. The number of aromatic nitrogens is 1. The van der Waals surface area contributed by atoms with Crippen LogP contribution in [0.3, 0.4) is 0 Å². The zero-order valence-electron chi connectivity index (χ0n) is 20.2. The lowest BCUT2D eigenvalue weighted by molar-refractivity contribution is -0.139. The van der Waals surface area contributed by atoms with E-state index in [1.807, 2.05) is 18.2 Å². The number of ether oxygens (including phenoxy) is 4. The zero-order chi connectivity index (χ0) is 25.1. The molecule has 0 saturated heterocycles. The van der Waals surface area contributed by atoms with Crippen LogP contribution in [0, 0.1) is 0 Å². The summed E-state index contributed by atoms with van der Waals surface area (Å²) in [4.78, 5) is 31.8. The predicted octanol–water partition coefficient (Wildman–Crippen LogP) is 2.82. The summed E-state index contributed by atoms with van der Waals surface area (Å²) >= 11 is 1.25. The van der Waals surface area contributed by atoms with Crippen LogP contribution in [0.4, 0.5) is 0 Å². The molecule has 0 N–H and O–H groups in total. The molecular formula is C26H26N2O6S. The van der Waals surface area contributed by atoms with Gasteiger partial charge in [0.15, 0.2) is 4.80 Å². The summed E-state index contributed by atoms with van der Waals surface area (Å²) in [5, 5.41) is 0. The number of methoxy groups -OCH3 is 3. The van der Waals surface area contributed by atoms with Gasteiger partial charge in [-0.1, -0.05) is 23.5 Å². The van der Waals surface area contributed by atoms with Gasteiger partial charge < -0.3 is 18.9 Å². The number of esters is 1. The SMILES string of the molecule is CCOC(=O)C1=C(C)N=c2s/c(=C/c3ccc(OC)cc3OC)c(=O)n2[C@@H]1c1ccc(OC)cc1. The summed E-state index contributed by atoms with van der Waals surface area (Å²) in [6.45, 7) is 3.71. The molecule has 0 bridgehead atoms. The first kappa shape index (κ1) is 24.3. The maximum absolute atomic E-state index is 13.7. The minimum absolute atomic E-state index is 0.215. The van der Waals surface area contributed by atoms with Crippen LogP contribution in [0.5, 0.6) is 17.2 Å². The first-order valence-corrected chi connectivity index (χ1v) is 11.8. The van der Waals surface area contributed by atoms with Gasteiger partial charge in [0.05, 0.1) is 49.8 Å². The van der Waals surface area contributed by atoms with Crippen LogP contribution in [-0.2, 0) is 9.53 Å². The molecule has 182 valence electrons. The Kier molecular flexibility index (Phi) is 7.07. The first-order chi connectivity index (χ1) is 16.9. The van der Waals surface area contributed by atoms with Crippen molar-refractivity contribution in [1.29, 1.82) is 0 Å². The Morgan fingerprint density at radius 1 is 1.06 bits per heavy atom. The molecule has 0 unspecified atom stereocenters. The maximum Gasteiger partial charge on any atom is 0.338 e. The number of allylic oxidation sites excluding steroid dienone is 1. The van der Waals surface area contributed by atoms with E-state index in [2.05, 4.69) is 4.99 Å². The number of benzene rings is 2. The predicted molar refractivity (Wildman–Crippen MR) is 133 cm³/mol. The molecule has 3 aromatic rings. The fraction of sp³-hybridized carbons (Fsp3) is 0.269. The Morgan fingerprint density at radius 3 is 2.37 bits per heavy atom. The number of fused-ring (bicyclic) bond motifs is 1. The highest BCUT2D eigenvalue weighted by Gasteiger charge is 2.33. The lowest BCUT2D eigenvalue weighted by Gasteiger charge is -2.24. The fourth-order valence-electron chi connectivity index (χ4n) is 3.97. The largest absolute Gasteiger partial charge is 0.497 e. The molecule has 1 aliphatic heterocycles. The Morgan fingerprint density at radius 2 is 1.74 bits per heavy atom. The summed E-state index contributed by atoms with van der Waals surface area (Å²) in [7, 11) is 4.72. The van der Waals surface area contributed by atoms with Gasteiger partial charge in [-0.2, -0.15) is 0 Å². The van der Waals surface area contributed by atoms with E-state index in [0.29, 0.717) is 37.9 Å². The van der Waals surface area contributed by atoms with Gasteiger partial charge in [-0.05, 0) is 49.8 Å². The van der Waals surface area contributed by atoms with Gasteiger partial charge >= 0.3 is 5.97 Å². The molecule has 0 aliphatic carbocycles. The van der Waals surface area contributed by atoms with Gasteiger partial charge in [0.25, 0.3) is 5.56 Å². The van der Waals surface area contributed by atoms with Crippen molar-refractivity contribution in [1.82, 2.24) is 4.57 Å². The van der Waals surface area contributed by atoms with Crippen molar-refractivity contribution in [3.8, 4) is 17.2 Å². The van der Waals surface area contributed by atoms with Crippen molar-refractivity contribution in [3.05, 3.63) is 84.5 Å². The fourth-order valence-corrected chi connectivity index (χ4v) is 5.01. The molecular weight excluding hydrogens is 468 g/mol. The zero-order valence-corrected chi connectivity index (χ0v) is 21.0. The number of nitrogens with zero attached hydrogens (tertiary/aromatic N) is 2. The van der Waals surface area contributed by atoms with Crippen molar-refractivity contribution in [3.63, 3.8) is 0 Å². The Balaban J connectivity index is 1.93. The molecule has 9 heteroatoms. The van der Waals surface area contributed by atoms with Crippen LogP contribution >= 0.6 is 11.3 Å². The van der Waals surface area contributed by atoms with Crippen molar-refractivity contribution < 1.29 is 23.7 Å². The highest BCUT2D eigenvalue weighted by atomic mass is 32.1. The van der Waals surface area contributed by atoms with E-state index in [0.717, 1.165) is 11.1 Å². The van der Waals surface area contributed by atoms with Gasteiger partial charge in [-0.3, -0.25) is 9.36 Å². The molecule has 2 heterocycles. The minimum Gasteiger partial charge on any atom is -0.497 e. The average molecular weight is 495 g/mol. The molecule has 1 aromatic heterocycles. The molecule has 8 nitrogen and oxygen atoms in total. The van der Waals surface area contributed by atoms with E-state index in [1.54, 1.807) is 70.1 Å². The number of hydrogen-bond acceptors (Lipinski definition) is 8. The maximum atomic E-state index is 13.7.